The van der Waals surface area contributed by atoms with E-state index in [2.05, 4.69) is 20.5 Å². The van der Waals surface area contributed by atoms with Gasteiger partial charge in [-0.1, -0.05) is 35.5 Å². The van der Waals surface area contributed by atoms with Gasteiger partial charge in [-0.25, -0.2) is 0 Å². The summed E-state index contributed by atoms with van der Waals surface area (Å²) >= 11 is 1.33. The second-order valence-electron chi connectivity index (χ2n) is 6.99. The zero-order chi connectivity index (χ0) is 22.3. The lowest BCUT2D eigenvalue weighted by Gasteiger charge is -2.11. The third kappa shape index (κ3) is 5.15. The van der Waals surface area contributed by atoms with Crippen LogP contribution in [-0.4, -0.2) is 38.0 Å². The fourth-order valence-corrected chi connectivity index (χ4v) is 3.83. The maximum absolute atomic E-state index is 12.5. The lowest BCUT2D eigenvalue weighted by atomic mass is 10.2. The number of aromatic nitrogens is 4. The lowest BCUT2D eigenvalue weighted by molar-refractivity contribution is -0.113. The van der Waals surface area contributed by atoms with E-state index in [4.69, 9.17) is 4.74 Å². The second-order valence-corrected chi connectivity index (χ2v) is 7.93. The Morgan fingerprint density at radius 3 is 2.50 bits per heavy atom. The van der Waals surface area contributed by atoms with Crippen molar-refractivity contribution >= 4 is 23.4 Å². The Hall–Kier alpha value is -3.65. The average molecular weight is 446 g/mol. The predicted molar refractivity (Wildman–Crippen MR) is 126 cm³/mol. The van der Waals surface area contributed by atoms with Crippen LogP contribution >= 0.6 is 11.8 Å². The number of hydrogen-bond acceptors (Lipinski definition) is 6. The number of rotatable bonds is 8. The average Bonchev–Trinajstić information content (AvgIpc) is 3.24. The molecular formula is C24H23N5O2S. The summed E-state index contributed by atoms with van der Waals surface area (Å²) in [4.78, 5) is 16.9. The number of benzene rings is 2. The van der Waals surface area contributed by atoms with Crippen LogP contribution in [0.1, 0.15) is 12.5 Å². The van der Waals surface area contributed by atoms with Crippen molar-refractivity contribution in [3.63, 3.8) is 0 Å². The SMILES string of the molecule is CCOc1ccc(NC(=O)CSc2nnc(-c3ccccn3)n2-c2ccc(C)cc2)cc1. The molecule has 0 atom stereocenters. The molecule has 4 aromatic rings. The number of anilines is 1. The number of thioether (sulfide) groups is 1. The van der Waals surface area contributed by atoms with Gasteiger partial charge in [-0.05, 0) is 62.4 Å². The zero-order valence-electron chi connectivity index (χ0n) is 17.9. The van der Waals surface area contributed by atoms with Crippen LogP contribution in [-0.2, 0) is 4.79 Å². The maximum Gasteiger partial charge on any atom is 0.234 e. The predicted octanol–water partition coefficient (Wildman–Crippen LogP) is 4.77. The van der Waals surface area contributed by atoms with Gasteiger partial charge in [0.15, 0.2) is 11.0 Å². The minimum Gasteiger partial charge on any atom is -0.494 e. The molecular weight excluding hydrogens is 422 g/mol. The first-order valence-corrected chi connectivity index (χ1v) is 11.2. The van der Waals surface area contributed by atoms with E-state index in [-0.39, 0.29) is 11.7 Å². The molecule has 0 saturated carbocycles. The van der Waals surface area contributed by atoms with Crippen LogP contribution in [0.2, 0.25) is 0 Å². The topological polar surface area (TPSA) is 81.9 Å². The number of carbonyl (C=O) groups is 1. The van der Waals surface area contributed by atoms with E-state index >= 15 is 0 Å². The van der Waals surface area contributed by atoms with E-state index in [9.17, 15) is 4.79 Å². The van der Waals surface area contributed by atoms with Crippen molar-refractivity contribution in [1.29, 1.82) is 0 Å². The normalized spacial score (nSPS) is 10.7. The fraction of sp³-hybridized carbons (Fsp3) is 0.167. The number of aryl methyl sites for hydroxylation is 1. The molecule has 0 radical (unpaired) electrons. The fourth-order valence-electron chi connectivity index (χ4n) is 3.08. The molecule has 2 aromatic heterocycles. The summed E-state index contributed by atoms with van der Waals surface area (Å²) < 4.78 is 7.36. The van der Waals surface area contributed by atoms with Crippen molar-refractivity contribution < 1.29 is 9.53 Å². The molecule has 2 heterocycles. The summed E-state index contributed by atoms with van der Waals surface area (Å²) in [7, 11) is 0. The van der Waals surface area contributed by atoms with Gasteiger partial charge in [0, 0.05) is 17.6 Å². The number of nitrogens with zero attached hydrogens (tertiary/aromatic N) is 4. The Labute approximate surface area is 190 Å². The van der Waals surface area contributed by atoms with E-state index in [1.807, 2.05) is 85.1 Å². The van der Waals surface area contributed by atoms with Gasteiger partial charge in [0.2, 0.25) is 5.91 Å². The summed E-state index contributed by atoms with van der Waals surface area (Å²) in [6.07, 6.45) is 1.72. The molecule has 0 unspecified atom stereocenters. The molecule has 1 N–H and O–H groups in total. The van der Waals surface area contributed by atoms with Crippen molar-refractivity contribution in [3.8, 4) is 23.0 Å². The highest BCUT2D eigenvalue weighted by molar-refractivity contribution is 7.99. The molecule has 32 heavy (non-hydrogen) atoms. The molecule has 7 nitrogen and oxygen atoms in total. The zero-order valence-corrected chi connectivity index (χ0v) is 18.7. The molecule has 0 aliphatic heterocycles. The smallest absolute Gasteiger partial charge is 0.234 e. The van der Waals surface area contributed by atoms with E-state index in [1.165, 1.54) is 11.8 Å². The number of amides is 1. The van der Waals surface area contributed by atoms with Gasteiger partial charge in [0.25, 0.3) is 0 Å². The number of carbonyl (C=O) groups excluding carboxylic acids is 1. The van der Waals surface area contributed by atoms with Crippen molar-refractivity contribution in [2.45, 2.75) is 19.0 Å². The van der Waals surface area contributed by atoms with Crippen LogP contribution in [0.4, 0.5) is 5.69 Å². The van der Waals surface area contributed by atoms with E-state index < -0.39 is 0 Å². The van der Waals surface area contributed by atoms with Crippen LogP contribution in [0, 0.1) is 6.92 Å². The Balaban J connectivity index is 1.52. The van der Waals surface area contributed by atoms with Gasteiger partial charge < -0.3 is 10.1 Å². The van der Waals surface area contributed by atoms with Crippen LogP contribution in [0.15, 0.2) is 78.1 Å². The monoisotopic (exact) mass is 445 g/mol. The van der Waals surface area contributed by atoms with Gasteiger partial charge in [-0.15, -0.1) is 10.2 Å². The largest absolute Gasteiger partial charge is 0.494 e. The Kier molecular flexibility index (Phi) is 6.81. The first-order chi connectivity index (χ1) is 15.6. The Morgan fingerprint density at radius 2 is 1.81 bits per heavy atom. The molecule has 0 bridgehead atoms. The third-order valence-corrected chi connectivity index (χ3v) is 5.53. The first kappa shape index (κ1) is 21.6. The van der Waals surface area contributed by atoms with Gasteiger partial charge in [-0.3, -0.25) is 14.3 Å². The molecule has 2 aromatic carbocycles. The summed E-state index contributed by atoms with van der Waals surface area (Å²) in [5.74, 6) is 1.47. The number of ether oxygens (including phenoxy) is 1. The summed E-state index contributed by atoms with van der Waals surface area (Å²) in [6, 6.07) is 21.0. The molecule has 0 saturated heterocycles. The highest BCUT2D eigenvalue weighted by atomic mass is 32.2. The Morgan fingerprint density at radius 1 is 1.03 bits per heavy atom. The summed E-state index contributed by atoms with van der Waals surface area (Å²) in [5.41, 5.74) is 3.50. The second kappa shape index (κ2) is 10.1. The molecule has 0 aliphatic carbocycles. The quantitative estimate of drug-likeness (QED) is 0.394. The standard InChI is InChI=1S/C24H23N5O2S/c1-3-31-20-13-9-18(10-14-20)26-22(30)16-32-24-28-27-23(21-6-4-5-15-25-21)29(24)19-11-7-17(2)8-12-19/h4-15H,3,16H2,1-2H3,(H,26,30). The van der Waals surface area contributed by atoms with Crippen LogP contribution in [0.25, 0.3) is 17.2 Å². The number of nitrogens with one attached hydrogen (secondary N) is 1. The minimum atomic E-state index is -0.128. The first-order valence-electron chi connectivity index (χ1n) is 10.2. The molecule has 8 heteroatoms. The van der Waals surface area contributed by atoms with Crippen LogP contribution in [0.5, 0.6) is 5.75 Å². The molecule has 162 valence electrons. The molecule has 0 aliphatic rings. The van der Waals surface area contributed by atoms with Crippen LogP contribution in [0.3, 0.4) is 0 Å². The minimum absolute atomic E-state index is 0.128. The summed E-state index contributed by atoms with van der Waals surface area (Å²) in [6.45, 7) is 4.57. The van der Waals surface area contributed by atoms with Gasteiger partial charge in [0.1, 0.15) is 11.4 Å². The van der Waals surface area contributed by atoms with E-state index in [0.29, 0.717) is 29.0 Å². The van der Waals surface area contributed by atoms with Gasteiger partial charge in [0.05, 0.1) is 12.4 Å². The van der Waals surface area contributed by atoms with Crippen molar-refractivity contribution in [2.75, 3.05) is 17.7 Å². The van der Waals surface area contributed by atoms with Crippen molar-refractivity contribution in [3.05, 3.63) is 78.5 Å². The number of hydrogen-bond donors (Lipinski definition) is 1. The summed E-state index contributed by atoms with van der Waals surface area (Å²) in [5, 5.41) is 12.2. The number of pyridine rings is 1. The highest BCUT2D eigenvalue weighted by Crippen LogP contribution is 2.27. The van der Waals surface area contributed by atoms with Gasteiger partial charge >= 0.3 is 0 Å². The highest BCUT2D eigenvalue weighted by Gasteiger charge is 2.18. The van der Waals surface area contributed by atoms with Crippen LogP contribution < -0.4 is 10.1 Å². The van der Waals surface area contributed by atoms with Crippen molar-refractivity contribution in [1.82, 2.24) is 19.7 Å². The third-order valence-electron chi connectivity index (χ3n) is 4.60. The van der Waals surface area contributed by atoms with Gasteiger partial charge in [-0.2, -0.15) is 0 Å². The molecule has 0 spiro atoms. The molecule has 1 amide bonds. The maximum atomic E-state index is 12.5. The van der Waals surface area contributed by atoms with E-state index in [0.717, 1.165) is 17.0 Å². The Bertz CT molecular complexity index is 1180. The lowest BCUT2D eigenvalue weighted by Crippen LogP contribution is -2.14. The van der Waals surface area contributed by atoms with Crippen molar-refractivity contribution in [2.24, 2.45) is 0 Å². The molecule has 4 rings (SSSR count). The van der Waals surface area contributed by atoms with E-state index in [1.54, 1.807) is 6.20 Å². The molecule has 0 fully saturated rings.